The van der Waals surface area contributed by atoms with Crippen molar-refractivity contribution >= 4 is 11.7 Å². The lowest BCUT2D eigenvalue weighted by Crippen LogP contribution is -2.12. The number of nitriles is 1. The van der Waals surface area contributed by atoms with Crippen LogP contribution in [0.25, 0.3) is 5.69 Å². The number of nitrogen functional groups attached to an aromatic ring is 1. The van der Waals surface area contributed by atoms with E-state index in [2.05, 4.69) is 12.1 Å². The maximum Gasteiger partial charge on any atom is 0.357 e. The van der Waals surface area contributed by atoms with Crippen LogP contribution in [0, 0.1) is 11.3 Å². The van der Waals surface area contributed by atoms with Gasteiger partial charge in [0.2, 0.25) is 0 Å². The number of nitrogens with zero attached hydrogens (tertiary/aromatic N) is 2. The van der Waals surface area contributed by atoms with Gasteiger partial charge in [0.05, 0.1) is 30.7 Å². The van der Waals surface area contributed by atoms with Crippen molar-refractivity contribution in [2.24, 2.45) is 0 Å². The highest BCUT2D eigenvalue weighted by Crippen LogP contribution is 2.30. The van der Waals surface area contributed by atoms with Crippen LogP contribution in [-0.2, 0) is 11.2 Å². The number of ether oxygens (including phenoxy) is 2. The SMILES string of the molecule is COC(=O)c1c(N)c(C#N)cn1-c1ccccc1OCCCc1ccccc1. The van der Waals surface area contributed by atoms with Crippen LogP contribution in [0.5, 0.6) is 5.75 Å². The van der Waals surface area contributed by atoms with E-state index in [9.17, 15) is 10.1 Å². The Morgan fingerprint density at radius 3 is 2.57 bits per heavy atom. The number of nitrogens with two attached hydrogens (primary N) is 1. The molecule has 6 nitrogen and oxygen atoms in total. The molecule has 0 saturated carbocycles. The van der Waals surface area contributed by atoms with Gasteiger partial charge >= 0.3 is 5.97 Å². The van der Waals surface area contributed by atoms with Crippen LogP contribution in [0.15, 0.2) is 60.8 Å². The first-order valence-corrected chi connectivity index (χ1v) is 8.91. The van der Waals surface area contributed by atoms with Crippen LogP contribution in [0.1, 0.15) is 28.0 Å². The number of benzene rings is 2. The lowest BCUT2D eigenvalue weighted by Gasteiger charge is -2.14. The van der Waals surface area contributed by atoms with Crippen LogP contribution >= 0.6 is 0 Å². The van der Waals surface area contributed by atoms with Crippen molar-refractivity contribution in [3.63, 3.8) is 0 Å². The lowest BCUT2D eigenvalue weighted by molar-refractivity contribution is 0.0593. The Kier molecular flexibility index (Phi) is 5.97. The molecular formula is C22H21N3O3. The molecule has 3 aromatic rings. The molecule has 0 aliphatic heterocycles. The van der Waals surface area contributed by atoms with E-state index < -0.39 is 5.97 Å². The van der Waals surface area contributed by atoms with Gasteiger partial charge in [-0.05, 0) is 30.5 Å². The van der Waals surface area contributed by atoms with Gasteiger partial charge in [-0.25, -0.2) is 4.79 Å². The summed E-state index contributed by atoms with van der Waals surface area (Å²) in [6.45, 7) is 0.515. The molecule has 6 heteroatoms. The number of aryl methyl sites for hydroxylation is 1. The molecule has 2 aromatic carbocycles. The van der Waals surface area contributed by atoms with Crippen molar-refractivity contribution in [1.82, 2.24) is 4.57 Å². The molecule has 0 radical (unpaired) electrons. The summed E-state index contributed by atoms with van der Waals surface area (Å²) in [4.78, 5) is 12.2. The summed E-state index contributed by atoms with van der Waals surface area (Å²) in [5.74, 6) is -0.0157. The van der Waals surface area contributed by atoms with Crippen LogP contribution in [0.4, 0.5) is 5.69 Å². The minimum atomic E-state index is -0.613. The highest BCUT2D eigenvalue weighted by atomic mass is 16.5. The standard InChI is InChI=1S/C22H21N3O3/c1-27-22(26)21-20(24)17(14-23)15-25(21)18-11-5-6-12-19(18)28-13-7-10-16-8-3-2-4-9-16/h2-6,8-9,11-12,15H,7,10,13,24H2,1H3. The number of esters is 1. The average Bonchev–Trinajstić information content (AvgIpc) is 3.08. The molecule has 0 bridgehead atoms. The van der Waals surface area contributed by atoms with Crippen LogP contribution in [-0.4, -0.2) is 24.3 Å². The Balaban J connectivity index is 1.83. The largest absolute Gasteiger partial charge is 0.491 e. The molecule has 28 heavy (non-hydrogen) atoms. The monoisotopic (exact) mass is 375 g/mol. The van der Waals surface area contributed by atoms with Gasteiger partial charge in [0, 0.05) is 6.20 Å². The fourth-order valence-electron chi connectivity index (χ4n) is 2.99. The zero-order chi connectivity index (χ0) is 19.9. The van der Waals surface area contributed by atoms with Gasteiger partial charge in [0.25, 0.3) is 0 Å². The second-order valence-electron chi connectivity index (χ2n) is 6.18. The molecular weight excluding hydrogens is 354 g/mol. The summed E-state index contributed by atoms with van der Waals surface area (Å²) < 4.78 is 12.4. The number of aromatic nitrogens is 1. The summed E-state index contributed by atoms with van der Waals surface area (Å²) in [5.41, 5.74) is 8.26. The van der Waals surface area contributed by atoms with Gasteiger partial charge < -0.3 is 19.8 Å². The van der Waals surface area contributed by atoms with Gasteiger partial charge in [-0.2, -0.15) is 5.26 Å². The van der Waals surface area contributed by atoms with Crippen LogP contribution in [0.3, 0.4) is 0 Å². The van der Waals surface area contributed by atoms with Crippen molar-refractivity contribution in [3.05, 3.63) is 77.6 Å². The van der Waals surface area contributed by atoms with Gasteiger partial charge in [-0.1, -0.05) is 42.5 Å². The number of anilines is 1. The third-order valence-corrected chi connectivity index (χ3v) is 4.38. The highest BCUT2D eigenvalue weighted by Gasteiger charge is 2.23. The number of hydrogen-bond donors (Lipinski definition) is 1. The fraction of sp³-hybridized carbons (Fsp3) is 0.182. The molecule has 142 valence electrons. The normalized spacial score (nSPS) is 10.3. The van der Waals surface area contributed by atoms with E-state index in [0.29, 0.717) is 18.0 Å². The minimum Gasteiger partial charge on any atom is -0.491 e. The molecule has 0 fully saturated rings. The maximum absolute atomic E-state index is 12.2. The van der Waals surface area contributed by atoms with Crippen molar-refractivity contribution in [2.75, 3.05) is 19.5 Å². The zero-order valence-corrected chi connectivity index (χ0v) is 15.6. The Labute approximate surface area is 163 Å². The fourth-order valence-corrected chi connectivity index (χ4v) is 2.99. The van der Waals surface area contributed by atoms with Crippen molar-refractivity contribution in [2.45, 2.75) is 12.8 Å². The zero-order valence-electron chi connectivity index (χ0n) is 15.6. The Morgan fingerprint density at radius 2 is 1.86 bits per heavy atom. The summed E-state index contributed by atoms with van der Waals surface area (Å²) >= 11 is 0. The van der Waals surface area contributed by atoms with Gasteiger partial charge in [-0.15, -0.1) is 0 Å². The van der Waals surface area contributed by atoms with Gasteiger partial charge in [-0.3, -0.25) is 0 Å². The number of carbonyl (C=O) groups excluding carboxylic acids is 1. The Hall–Kier alpha value is -3.72. The Morgan fingerprint density at radius 1 is 1.14 bits per heavy atom. The smallest absolute Gasteiger partial charge is 0.357 e. The van der Waals surface area contributed by atoms with E-state index in [-0.39, 0.29) is 16.9 Å². The van der Waals surface area contributed by atoms with E-state index in [1.54, 1.807) is 10.6 Å². The van der Waals surface area contributed by atoms with Crippen molar-refractivity contribution in [3.8, 4) is 17.5 Å². The van der Waals surface area contributed by atoms with E-state index in [0.717, 1.165) is 12.8 Å². The summed E-state index contributed by atoms with van der Waals surface area (Å²) in [6.07, 6.45) is 3.28. The summed E-state index contributed by atoms with van der Waals surface area (Å²) in [5, 5.41) is 9.28. The van der Waals surface area contributed by atoms with E-state index in [1.165, 1.54) is 18.9 Å². The predicted molar refractivity (Wildman–Crippen MR) is 106 cm³/mol. The Bertz CT molecular complexity index is 1000. The summed E-state index contributed by atoms with van der Waals surface area (Å²) in [6, 6.07) is 19.5. The second kappa shape index (κ2) is 8.78. The van der Waals surface area contributed by atoms with Gasteiger partial charge in [0.15, 0.2) is 5.69 Å². The molecule has 1 heterocycles. The molecule has 2 N–H and O–H groups in total. The average molecular weight is 375 g/mol. The first kappa shape index (κ1) is 19.1. The summed E-state index contributed by atoms with van der Waals surface area (Å²) in [7, 11) is 1.27. The van der Waals surface area contributed by atoms with Crippen LogP contribution in [0.2, 0.25) is 0 Å². The predicted octanol–water partition coefficient (Wildman–Crippen LogP) is 3.73. The molecule has 0 saturated heterocycles. The number of hydrogen-bond acceptors (Lipinski definition) is 5. The van der Waals surface area contributed by atoms with E-state index in [4.69, 9.17) is 15.2 Å². The van der Waals surface area contributed by atoms with Crippen LogP contribution < -0.4 is 10.5 Å². The second-order valence-corrected chi connectivity index (χ2v) is 6.18. The molecule has 0 amide bonds. The molecule has 0 spiro atoms. The molecule has 0 atom stereocenters. The van der Waals surface area contributed by atoms with E-state index >= 15 is 0 Å². The third kappa shape index (κ3) is 3.99. The number of carbonyl (C=O) groups is 1. The highest BCUT2D eigenvalue weighted by molar-refractivity contribution is 5.96. The molecule has 1 aromatic heterocycles. The van der Waals surface area contributed by atoms with Crippen molar-refractivity contribution < 1.29 is 14.3 Å². The van der Waals surface area contributed by atoms with E-state index in [1.807, 2.05) is 42.5 Å². The number of methoxy groups -OCH3 is 1. The number of para-hydroxylation sites is 2. The first-order valence-electron chi connectivity index (χ1n) is 8.91. The molecule has 3 rings (SSSR count). The lowest BCUT2D eigenvalue weighted by atomic mass is 10.1. The maximum atomic E-state index is 12.2. The quantitative estimate of drug-likeness (QED) is 0.502. The van der Waals surface area contributed by atoms with Crippen molar-refractivity contribution in [1.29, 1.82) is 5.26 Å². The first-order chi connectivity index (χ1) is 13.7. The van der Waals surface area contributed by atoms with Gasteiger partial charge in [0.1, 0.15) is 11.8 Å². The minimum absolute atomic E-state index is 0.0910. The molecule has 0 aliphatic carbocycles. The third-order valence-electron chi connectivity index (χ3n) is 4.38. The molecule has 0 unspecified atom stereocenters. The number of rotatable bonds is 7. The molecule has 0 aliphatic rings. The topological polar surface area (TPSA) is 90.3 Å².